The van der Waals surface area contributed by atoms with Crippen molar-refractivity contribution in [2.24, 2.45) is 0 Å². The molecule has 0 amide bonds. The van der Waals surface area contributed by atoms with E-state index in [9.17, 15) is 4.79 Å². The molecule has 3 aromatic rings. The van der Waals surface area contributed by atoms with Crippen LogP contribution >= 0.6 is 39.1 Å². The predicted octanol–water partition coefficient (Wildman–Crippen LogP) is 6.43. The molecule has 4 nitrogen and oxygen atoms in total. The predicted molar refractivity (Wildman–Crippen MR) is 113 cm³/mol. The molecule has 0 saturated heterocycles. The molecule has 0 heterocycles. The van der Waals surface area contributed by atoms with E-state index in [1.165, 1.54) is 6.07 Å². The maximum absolute atomic E-state index is 12.5. The molecule has 0 aromatic heterocycles. The van der Waals surface area contributed by atoms with E-state index < -0.39 is 5.97 Å². The molecule has 0 atom stereocenters. The fourth-order valence-electron chi connectivity index (χ4n) is 2.33. The fraction of sp³-hybridized carbons (Fsp3) is 0.0952. The zero-order valence-electron chi connectivity index (χ0n) is 14.5. The van der Waals surface area contributed by atoms with E-state index in [1.807, 2.05) is 30.3 Å². The van der Waals surface area contributed by atoms with Gasteiger partial charge in [0.05, 0.1) is 15.1 Å². The molecule has 0 radical (unpaired) electrons. The second-order valence-corrected chi connectivity index (χ2v) is 7.32. The highest BCUT2D eigenvalue weighted by atomic mass is 79.9. The van der Waals surface area contributed by atoms with Gasteiger partial charge in [0, 0.05) is 5.02 Å². The molecule has 144 valence electrons. The second-order valence-electron chi connectivity index (χ2n) is 5.63. The zero-order valence-corrected chi connectivity index (χ0v) is 17.6. The third-order valence-corrected chi connectivity index (χ3v) is 4.68. The quantitative estimate of drug-likeness (QED) is 0.221. The van der Waals surface area contributed by atoms with E-state index in [4.69, 9.17) is 37.4 Å². The second kappa shape index (κ2) is 9.82. The topological polar surface area (TPSA) is 44.8 Å². The number of ether oxygens (including phenoxy) is 3. The van der Waals surface area contributed by atoms with Crippen LogP contribution in [0.5, 0.6) is 17.2 Å². The minimum Gasteiger partial charge on any atom is -0.490 e. The Hall–Kier alpha value is -2.21. The van der Waals surface area contributed by atoms with Gasteiger partial charge >= 0.3 is 5.97 Å². The van der Waals surface area contributed by atoms with Crippen molar-refractivity contribution in [2.45, 2.75) is 0 Å². The molecule has 0 aliphatic carbocycles. The van der Waals surface area contributed by atoms with Crippen molar-refractivity contribution >= 4 is 45.1 Å². The van der Waals surface area contributed by atoms with Crippen molar-refractivity contribution in [1.82, 2.24) is 0 Å². The van der Waals surface area contributed by atoms with Crippen LogP contribution in [0.4, 0.5) is 0 Å². The van der Waals surface area contributed by atoms with Gasteiger partial charge in [0.25, 0.3) is 0 Å². The third-order valence-electron chi connectivity index (χ3n) is 3.59. The lowest BCUT2D eigenvalue weighted by atomic mass is 10.2. The van der Waals surface area contributed by atoms with Gasteiger partial charge in [0.2, 0.25) is 0 Å². The lowest BCUT2D eigenvalue weighted by molar-refractivity contribution is 0.0733. The molecular formula is C21H15BrCl2O4. The minimum atomic E-state index is -0.559. The average molecular weight is 482 g/mol. The van der Waals surface area contributed by atoms with Gasteiger partial charge in [-0.05, 0) is 58.4 Å². The highest BCUT2D eigenvalue weighted by molar-refractivity contribution is 9.10. The van der Waals surface area contributed by atoms with E-state index in [-0.39, 0.29) is 10.8 Å². The molecule has 0 unspecified atom stereocenters. The maximum Gasteiger partial charge on any atom is 0.343 e. The van der Waals surface area contributed by atoms with Crippen molar-refractivity contribution in [1.29, 1.82) is 0 Å². The van der Waals surface area contributed by atoms with Crippen molar-refractivity contribution in [3.8, 4) is 17.2 Å². The Morgan fingerprint density at radius 2 is 1.54 bits per heavy atom. The van der Waals surface area contributed by atoms with Crippen LogP contribution in [-0.2, 0) is 0 Å². The molecule has 0 aliphatic heterocycles. The Morgan fingerprint density at radius 1 is 0.857 bits per heavy atom. The lowest BCUT2D eigenvalue weighted by Gasteiger charge is -2.11. The first-order valence-corrected chi connectivity index (χ1v) is 9.85. The van der Waals surface area contributed by atoms with Crippen LogP contribution in [-0.4, -0.2) is 19.2 Å². The number of rotatable bonds is 7. The van der Waals surface area contributed by atoms with Gasteiger partial charge in [-0.1, -0.05) is 47.5 Å². The van der Waals surface area contributed by atoms with Crippen LogP contribution in [0.1, 0.15) is 10.4 Å². The van der Waals surface area contributed by atoms with Gasteiger partial charge in [-0.2, -0.15) is 0 Å². The number of para-hydroxylation sites is 1. The standard InChI is InChI=1S/C21H15BrCl2O4/c22-18-12-15(23)13-19(24)20(18)28-21(25)14-5-4-8-17(11-14)27-10-9-26-16-6-2-1-3-7-16/h1-8,11-13H,9-10H2. The molecule has 0 fully saturated rings. The van der Waals surface area contributed by atoms with Gasteiger partial charge < -0.3 is 14.2 Å². The van der Waals surface area contributed by atoms with Gasteiger partial charge in [-0.3, -0.25) is 0 Å². The van der Waals surface area contributed by atoms with E-state index in [2.05, 4.69) is 15.9 Å². The lowest BCUT2D eigenvalue weighted by Crippen LogP contribution is -2.11. The average Bonchev–Trinajstić information content (AvgIpc) is 2.69. The SMILES string of the molecule is O=C(Oc1c(Cl)cc(Cl)cc1Br)c1cccc(OCCOc2ccccc2)c1. The van der Waals surface area contributed by atoms with Gasteiger partial charge in [-0.15, -0.1) is 0 Å². The first-order valence-electron chi connectivity index (χ1n) is 8.30. The molecule has 3 aromatic carbocycles. The summed E-state index contributed by atoms with van der Waals surface area (Å²) in [6, 6.07) is 19.3. The fourth-order valence-corrected chi connectivity index (χ4v) is 3.65. The first kappa shape index (κ1) is 20.5. The smallest absolute Gasteiger partial charge is 0.343 e. The maximum atomic E-state index is 12.5. The Balaban J connectivity index is 1.59. The van der Waals surface area contributed by atoms with E-state index in [0.717, 1.165) is 5.75 Å². The largest absolute Gasteiger partial charge is 0.490 e. The Kier molecular flexibility index (Phi) is 7.20. The molecule has 0 aliphatic rings. The number of hydrogen-bond acceptors (Lipinski definition) is 4. The summed E-state index contributed by atoms with van der Waals surface area (Å²) in [6.45, 7) is 0.716. The van der Waals surface area contributed by atoms with Crippen LogP contribution in [0.15, 0.2) is 71.2 Å². The van der Waals surface area contributed by atoms with Gasteiger partial charge in [-0.25, -0.2) is 4.79 Å². The number of benzene rings is 3. The first-order chi connectivity index (χ1) is 13.5. The van der Waals surface area contributed by atoms with Crippen LogP contribution in [0.3, 0.4) is 0 Å². The van der Waals surface area contributed by atoms with E-state index in [1.54, 1.807) is 30.3 Å². The number of carbonyl (C=O) groups excluding carboxylic acids is 1. The van der Waals surface area contributed by atoms with Crippen LogP contribution in [0.2, 0.25) is 10.0 Å². The Bertz CT molecular complexity index is 941. The molecule has 7 heteroatoms. The van der Waals surface area contributed by atoms with Gasteiger partial charge in [0.15, 0.2) is 5.75 Å². The third kappa shape index (κ3) is 5.64. The molecule has 0 N–H and O–H groups in total. The van der Waals surface area contributed by atoms with Crippen molar-refractivity contribution < 1.29 is 19.0 Å². The Labute approximate surface area is 181 Å². The van der Waals surface area contributed by atoms with E-state index >= 15 is 0 Å². The minimum absolute atomic E-state index is 0.207. The molecule has 3 rings (SSSR count). The molecule has 0 saturated carbocycles. The van der Waals surface area contributed by atoms with Crippen LogP contribution in [0.25, 0.3) is 0 Å². The number of carbonyl (C=O) groups is 1. The summed E-state index contributed by atoms with van der Waals surface area (Å²) < 4.78 is 17.1. The normalized spacial score (nSPS) is 10.4. The highest BCUT2D eigenvalue weighted by Crippen LogP contribution is 2.36. The number of halogens is 3. The monoisotopic (exact) mass is 480 g/mol. The summed E-state index contributed by atoms with van der Waals surface area (Å²) in [5.41, 5.74) is 0.333. The van der Waals surface area contributed by atoms with Crippen molar-refractivity contribution in [3.63, 3.8) is 0 Å². The van der Waals surface area contributed by atoms with Crippen molar-refractivity contribution in [2.75, 3.05) is 13.2 Å². The summed E-state index contributed by atoms with van der Waals surface area (Å²) >= 11 is 15.3. The molecular weight excluding hydrogens is 467 g/mol. The number of hydrogen-bond donors (Lipinski definition) is 0. The number of esters is 1. The molecule has 0 bridgehead atoms. The van der Waals surface area contributed by atoms with E-state index in [0.29, 0.717) is 34.0 Å². The summed E-state index contributed by atoms with van der Waals surface area (Å²) in [5.74, 6) is 0.954. The summed E-state index contributed by atoms with van der Waals surface area (Å²) in [7, 11) is 0. The molecule has 0 spiro atoms. The summed E-state index contributed by atoms with van der Waals surface area (Å²) in [5, 5.41) is 0.669. The van der Waals surface area contributed by atoms with Crippen LogP contribution < -0.4 is 14.2 Å². The summed E-state index contributed by atoms with van der Waals surface area (Å²) in [4.78, 5) is 12.5. The highest BCUT2D eigenvalue weighted by Gasteiger charge is 2.15. The van der Waals surface area contributed by atoms with Gasteiger partial charge in [0.1, 0.15) is 24.7 Å². The van der Waals surface area contributed by atoms with Crippen LogP contribution in [0, 0.1) is 0 Å². The zero-order chi connectivity index (χ0) is 19.9. The molecule has 28 heavy (non-hydrogen) atoms. The summed E-state index contributed by atoms with van der Waals surface area (Å²) in [6.07, 6.45) is 0. The van der Waals surface area contributed by atoms with Crippen molar-refractivity contribution in [3.05, 3.63) is 86.8 Å². The Morgan fingerprint density at radius 3 is 2.25 bits per heavy atom.